The van der Waals surface area contributed by atoms with Gasteiger partial charge in [-0.1, -0.05) is 26.0 Å². The molecule has 1 heterocycles. The van der Waals surface area contributed by atoms with E-state index < -0.39 is 47.8 Å². The second-order valence-electron chi connectivity index (χ2n) is 6.64. The molecule has 2 N–H and O–H groups in total. The molecular weight excluding hydrogens is 366 g/mol. The third-order valence-corrected chi connectivity index (χ3v) is 4.21. The molecule has 0 saturated heterocycles. The lowest BCUT2D eigenvalue weighted by Crippen LogP contribution is -2.51. The minimum atomic E-state index is -1.29. The van der Waals surface area contributed by atoms with Gasteiger partial charge in [-0.3, -0.25) is 24.6 Å². The molecule has 9 nitrogen and oxygen atoms in total. The van der Waals surface area contributed by atoms with Gasteiger partial charge in [-0.2, -0.15) is 0 Å². The van der Waals surface area contributed by atoms with Gasteiger partial charge in [0.1, 0.15) is 6.04 Å². The van der Waals surface area contributed by atoms with Crippen LogP contribution in [0.2, 0.25) is 0 Å². The number of benzene rings is 1. The first-order valence-electron chi connectivity index (χ1n) is 8.95. The van der Waals surface area contributed by atoms with E-state index in [4.69, 9.17) is 4.74 Å². The monoisotopic (exact) mass is 389 g/mol. The zero-order valence-corrected chi connectivity index (χ0v) is 16.1. The zero-order chi connectivity index (χ0) is 21.0. The summed E-state index contributed by atoms with van der Waals surface area (Å²) in [4.78, 5) is 62.3. The normalized spacial score (nSPS) is 15.1. The van der Waals surface area contributed by atoms with Crippen LogP contribution in [-0.4, -0.2) is 53.3 Å². The summed E-state index contributed by atoms with van der Waals surface area (Å²) >= 11 is 0. The van der Waals surface area contributed by atoms with Gasteiger partial charge >= 0.3 is 12.0 Å². The van der Waals surface area contributed by atoms with E-state index in [0.29, 0.717) is 6.54 Å². The Bertz CT molecular complexity index is 785. The molecule has 9 heteroatoms. The van der Waals surface area contributed by atoms with Gasteiger partial charge in [0.2, 0.25) is 0 Å². The molecule has 1 aliphatic heterocycles. The van der Waals surface area contributed by atoms with E-state index in [1.807, 2.05) is 5.32 Å². The number of fused-ring (bicyclic) bond motifs is 1. The number of nitrogens with zero attached hydrogens (tertiary/aromatic N) is 1. The summed E-state index contributed by atoms with van der Waals surface area (Å²) in [6.45, 7) is 6.63. The quantitative estimate of drug-likeness (QED) is 0.555. The number of imide groups is 2. The van der Waals surface area contributed by atoms with Crippen LogP contribution in [0, 0.1) is 5.92 Å². The third-order valence-electron chi connectivity index (χ3n) is 4.21. The van der Waals surface area contributed by atoms with Gasteiger partial charge in [-0.05, 0) is 31.9 Å². The largest absolute Gasteiger partial charge is 0.451 e. The molecule has 0 bridgehead atoms. The second-order valence-corrected chi connectivity index (χ2v) is 6.64. The Morgan fingerprint density at radius 2 is 1.57 bits per heavy atom. The minimum absolute atomic E-state index is 0.216. The van der Waals surface area contributed by atoms with Crippen molar-refractivity contribution in [2.75, 3.05) is 6.54 Å². The summed E-state index contributed by atoms with van der Waals surface area (Å²) in [5.41, 5.74) is 0.431. The average Bonchev–Trinajstić information content (AvgIpc) is 2.87. The number of urea groups is 1. The van der Waals surface area contributed by atoms with E-state index >= 15 is 0 Å². The zero-order valence-electron chi connectivity index (χ0n) is 16.1. The highest BCUT2D eigenvalue weighted by Crippen LogP contribution is 2.27. The van der Waals surface area contributed by atoms with Crippen molar-refractivity contribution >= 4 is 29.7 Å². The van der Waals surface area contributed by atoms with E-state index in [1.165, 1.54) is 19.1 Å². The van der Waals surface area contributed by atoms with Crippen LogP contribution in [-0.2, 0) is 14.3 Å². The van der Waals surface area contributed by atoms with Gasteiger partial charge < -0.3 is 10.1 Å². The van der Waals surface area contributed by atoms with Crippen LogP contribution in [0.4, 0.5) is 4.79 Å². The number of hydrogen-bond donors (Lipinski definition) is 2. The van der Waals surface area contributed by atoms with Gasteiger partial charge in [-0.25, -0.2) is 9.59 Å². The Kier molecular flexibility index (Phi) is 6.50. The van der Waals surface area contributed by atoms with E-state index in [2.05, 4.69) is 5.32 Å². The van der Waals surface area contributed by atoms with Crippen molar-refractivity contribution in [1.29, 1.82) is 0 Å². The molecule has 0 saturated carbocycles. The van der Waals surface area contributed by atoms with Crippen LogP contribution in [0.25, 0.3) is 0 Å². The molecule has 28 heavy (non-hydrogen) atoms. The molecule has 1 aromatic carbocycles. The van der Waals surface area contributed by atoms with Gasteiger partial charge in [0.15, 0.2) is 6.10 Å². The van der Waals surface area contributed by atoms with Gasteiger partial charge in [0.25, 0.3) is 17.7 Å². The number of esters is 1. The number of ether oxygens (including phenoxy) is 1. The Morgan fingerprint density at radius 1 is 1.04 bits per heavy atom. The van der Waals surface area contributed by atoms with Gasteiger partial charge in [-0.15, -0.1) is 0 Å². The van der Waals surface area contributed by atoms with E-state index in [-0.39, 0.29) is 11.1 Å². The topological polar surface area (TPSA) is 122 Å². The summed E-state index contributed by atoms with van der Waals surface area (Å²) in [6, 6.07) is 4.37. The molecule has 2 rings (SSSR count). The van der Waals surface area contributed by atoms with Gasteiger partial charge in [0.05, 0.1) is 11.1 Å². The van der Waals surface area contributed by atoms with Crippen LogP contribution in [0.15, 0.2) is 24.3 Å². The first-order chi connectivity index (χ1) is 13.2. The fourth-order valence-corrected chi connectivity index (χ4v) is 2.85. The number of hydrogen-bond acceptors (Lipinski definition) is 6. The highest BCUT2D eigenvalue weighted by molar-refractivity contribution is 6.22. The Morgan fingerprint density at radius 3 is 2.04 bits per heavy atom. The fraction of sp³-hybridized carbons (Fsp3) is 0.421. The number of carbonyl (C=O) groups excluding carboxylic acids is 5. The molecule has 2 atom stereocenters. The SMILES string of the molecule is CCNC(=O)NC(=O)[C@H](C)OC(=O)[C@@H](C(C)C)N1C(=O)c2ccccc2C1=O. The first-order valence-corrected chi connectivity index (χ1v) is 8.95. The van der Waals surface area contributed by atoms with Crippen LogP contribution < -0.4 is 10.6 Å². The molecule has 150 valence electrons. The molecule has 1 aliphatic rings. The second kappa shape index (κ2) is 8.64. The van der Waals surface area contributed by atoms with Crippen molar-refractivity contribution in [3.05, 3.63) is 35.4 Å². The van der Waals surface area contributed by atoms with E-state index in [1.54, 1.807) is 32.9 Å². The summed E-state index contributed by atoms with van der Waals surface area (Å²) < 4.78 is 5.15. The van der Waals surface area contributed by atoms with Crippen molar-refractivity contribution in [2.45, 2.75) is 39.8 Å². The minimum Gasteiger partial charge on any atom is -0.451 e. The maximum atomic E-state index is 12.7. The lowest BCUT2D eigenvalue weighted by Gasteiger charge is -2.28. The average molecular weight is 389 g/mol. The number of carbonyl (C=O) groups is 5. The molecular formula is C19H23N3O6. The summed E-state index contributed by atoms with van der Waals surface area (Å²) in [7, 11) is 0. The molecule has 5 amide bonds. The number of nitrogens with one attached hydrogen (secondary N) is 2. The smallest absolute Gasteiger partial charge is 0.330 e. The van der Waals surface area contributed by atoms with E-state index in [9.17, 15) is 24.0 Å². The highest BCUT2D eigenvalue weighted by atomic mass is 16.5. The summed E-state index contributed by atoms with van der Waals surface area (Å²) in [6.07, 6.45) is -1.29. The van der Waals surface area contributed by atoms with Crippen LogP contribution >= 0.6 is 0 Å². The Labute approximate surface area is 162 Å². The van der Waals surface area contributed by atoms with Crippen molar-refractivity contribution < 1.29 is 28.7 Å². The molecule has 0 unspecified atom stereocenters. The molecule has 0 fully saturated rings. The lowest BCUT2D eigenvalue weighted by molar-refractivity contribution is -0.159. The van der Waals surface area contributed by atoms with Gasteiger partial charge in [0, 0.05) is 6.54 Å². The number of rotatable bonds is 6. The Balaban J connectivity index is 2.15. The van der Waals surface area contributed by atoms with E-state index in [0.717, 1.165) is 4.90 Å². The summed E-state index contributed by atoms with van der Waals surface area (Å²) in [5, 5.41) is 4.42. The summed E-state index contributed by atoms with van der Waals surface area (Å²) in [5.74, 6) is -3.34. The molecule has 0 aliphatic carbocycles. The molecule has 1 aromatic rings. The van der Waals surface area contributed by atoms with Crippen LogP contribution in [0.5, 0.6) is 0 Å². The predicted molar refractivity (Wildman–Crippen MR) is 98.3 cm³/mol. The standard InChI is InChI=1S/C19H23N3O6/c1-5-20-19(27)21-15(23)11(4)28-18(26)14(10(2)3)22-16(24)12-8-6-7-9-13(12)17(22)25/h6-11,14H,5H2,1-4H3,(H2,20,21,23,27)/t11-,14+/m0/s1. The van der Waals surface area contributed by atoms with Crippen molar-refractivity contribution in [2.24, 2.45) is 5.92 Å². The predicted octanol–water partition coefficient (Wildman–Crippen LogP) is 1.08. The molecule has 0 aromatic heterocycles. The maximum absolute atomic E-state index is 12.7. The molecule has 0 radical (unpaired) electrons. The Hall–Kier alpha value is -3.23. The van der Waals surface area contributed by atoms with Crippen LogP contribution in [0.3, 0.4) is 0 Å². The number of amides is 5. The fourth-order valence-electron chi connectivity index (χ4n) is 2.85. The first kappa shape index (κ1) is 21.1. The maximum Gasteiger partial charge on any atom is 0.330 e. The van der Waals surface area contributed by atoms with Crippen molar-refractivity contribution in [3.63, 3.8) is 0 Å². The lowest BCUT2D eigenvalue weighted by atomic mass is 10.0. The van der Waals surface area contributed by atoms with Crippen molar-refractivity contribution in [1.82, 2.24) is 15.5 Å². The highest BCUT2D eigenvalue weighted by Gasteiger charge is 2.45. The van der Waals surface area contributed by atoms with Crippen molar-refractivity contribution in [3.8, 4) is 0 Å². The van der Waals surface area contributed by atoms with Crippen LogP contribution in [0.1, 0.15) is 48.4 Å². The third kappa shape index (κ3) is 4.19. The molecule has 0 spiro atoms.